The molecule has 17 heavy (non-hydrogen) atoms. The third kappa shape index (κ3) is 2.10. The number of halogens is 1. The number of carbonyl (C=O) groups is 1. The molecule has 0 bridgehead atoms. The molecule has 0 saturated carbocycles. The summed E-state index contributed by atoms with van der Waals surface area (Å²) >= 11 is 3.28. The zero-order chi connectivity index (χ0) is 12.4. The smallest absolute Gasteiger partial charge is 0.357 e. The molecule has 88 valence electrons. The van der Waals surface area contributed by atoms with Crippen molar-refractivity contribution >= 4 is 21.9 Å². The van der Waals surface area contributed by atoms with E-state index in [1.165, 1.54) is 0 Å². The number of aromatic nitrogens is 2. The molecule has 1 N–H and O–H groups in total. The summed E-state index contributed by atoms with van der Waals surface area (Å²) < 4.78 is 2.34. The lowest BCUT2D eigenvalue weighted by atomic mass is 10.2. The van der Waals surface area contributed by atoms with Gasteiger partial charge in [0.05, 0.1) is 0 Å². The van der Waals surface area contributed by atoms with Crippen LogP contribution in [0.5, 0.6) is 0 Å². The maximum Gasteiger partial charge on any atom is 0.357 e. The maximum absolute atomic E-state index is 11.0. The summed E-state index contributed by atoms with van der Waals surface area (Å²) in [5.74, 6) is -0.362. The van der Waals surface area contributed by atoms with Crippen LogP contribution in [0, 0.1) is 0 Å². The molecule has 0 aliphatic carbocycles. The Labute approximate surface area is 107 Å². The van der Waals surface area contributed by atoms with Crippen LogP contribution < -0.4 is 0 Å². The van der Waals surface area contributed by atoms with E-state index in [9.17, 15) is 4.79 Å². The molecule has 0 amide bonds. The van der Waals surface area contributed by atoms with Crippen LogP contribution in [0.4, 0.5) is 0 Å². The zero-order valence-electron chi connectivity index (χ0n) is 9.22. The van der Waals surface area contributed by atoms with Gasteiger partial charge < -0.3 is 9.67 Å². The molecular weight excluding hydrogens is 284 g/mol. The third-order valence-electron chi connectivity index (χ3n) is 2.46. The Hall–Kier alpha value is -1.62. The molecule has 4 nitrogen and oxygen atoms in total. The van der Waals surface area contributed by atoms with Crippen LogP contribution in [0.3, 0.4) is 0 Å². The van der Waals surface area contributed by atoms with Crippen molar-refractivity contribution in [2.24, 2.45) is 0 Å². The molecule has 5 heteroatoms. The van der Waals surface area contributed by atoms with Crippen molar-refractivity contribution in [3.05, 3.63) is 40.6 Å². The van der Waals surface area contributed by atoms with E-state index in [1.54, 1.807) is 0 Å². The topological polar surface area (TPSA) is 55.1 Å². The van der Waals surface area contributed by atoms with Gasteiger partial charge in [0.15, 0.2) is 5.69 Å². The van der Waals surface area contributed by atoms with E-state index in [2.05, 4.69) is 20.9 Å². The van der Waals surface area contributed by atoms with E-state index in [1.807, 2.05) is 41.8 Å². The maximum atomic E-state index is 11.0. The Balaban J connectivity index is 2.62. The highest BCUT2D eigenvalue weighted by atomic mass is 79.9. The van der Waals surface area contributed by atoms with Crippen LogP contribution in [0.15, 0.2) is 34.9 Å². The molecule has 0 aliphatic heterocycles. The van der Waals surface area contributed by atoms with Crippen molar-refractivity contribution in [1.82, 2.24) is 9.55 Å². The van der Waals surface area contributed by atoms with Crippen LogP contribution in [-0.4, -0.2) is 20.6 Å². The summed E-state index contributed by atoms with van der Waals surface area (Å²) in [6.07, 6.45) is 0. The third-order valence-corrected chi connectivity index (χ3v) is 3.26. The van der Waals surface area contributed by atoms with Crippen molar-refractivity contribution in [1.29, 1.82) is 0 Å². The fourth-order valence-corrected chi connectivity index (χ4v) is 2.34. The first kappa shape index (κ1) is 11.9. The average molecular weight is 295 g/mol. The van der Waals surface area contributed by atoms with Gasteiger partial charge in [-0.1, -0.05) is 30.3 Å². The van der Waals surface area contributed by atoms with Crippen molar-refractivity contribution in [2.45, 2.75) is 13.5 Å². The zero-order valence-corrected chi connectivity index (χ0v) is 10.8. The van der Waals surface area contributed by atoms with Crippen molar-refractivity contribution in [3.63, 3.8) is 0 Å². The number of nitrogens with zero attached hydrogens (tertiary/aromatic N) is 2. The summed E-state index contributed by atoms with van der Waals surface area (Å²) in [4.78, 5) is 15.2. The fourth-order valence-electron chi connectivity index (χ4n) is 1.67. The molecule has 2 aromatic rings. The molecule has 0 saturated heterocycles. The van der Waals surface area contributed by atoms with E-state index in [4.69, 9.17) is 5.11 Å². The van der Waals surface area contributed by atoms with Crippen LogP contribution in [-0.2, 0) is 6.54 Å². The summed E-state index contributed by atoms with van der Waals surface area (Å²) in [7, 11) is 0. The lowest BCUT2D eigenvalue weighted by Gasteiger charge is -2.05. The van der Waals surface area contributed by atoms with Gasteiger partial charge in [0.2, 0.25) is 0 Å². The standard InChI is InChI=1S/C12H11BrN2O2/c1-2-15-10(13)9(12(16)17)14-11(15)8-6-4-3-5-7-8/h3-7H,2H2,1H3,(H,16,17). The Morgan fingerprint density at radius 1 is 1.41 bits per heavy atom. The number of benzene rings is 1. The number of rotatable bonds is 3. The van der Waals surface area contributed by atoms with Crippen molar-refractivity contribution in [2.75, 3.05) is 0 Å². The Morgan fingerprint density at radius 2 is 2.06 bits per heavy atom. The molecule has 1 aromatic heterocycles. The van der Waals surface area contributed by atoms with Gasteiger partial charge in [0, 0.05) is 12.1 Å². The highest BCUT2D eigenvalue weighted by Gasteiger charge is 2.19. The van der Waals surface area contributed by atoms with E-state index in [-0.39, 0.29) is 5.69 Å². The summed E-state index contributed by atoms with van der Waals surface area (Å²) in [6, 6.07) is 9.53. The largest absolute Gasteiger partial charge is 0.476 e. The van der Waals surface area contributed by atoms with Gasteiger partial charge in [-0.05, 0) is 22.9 Å². The molecule has 0 atom stereocenters. The second kappa shape index (κ2) is 4.71. The minimum atomic E-state index is -1.03. The number of hydrogen-bond acceptors (Lipinski definition) is 2. The molecule has 0 radical (unpaired) electrons. The van der Waals surface area contributed by atoms with Gasteiger partial charge in [0.25, 0.3) is 0 Å². The van der Waals surface area contributed by atoms with Crippen molar-refractivity contribution < 1.29 is 9.90 Å². The Kier molecular flexibility index (Phi) is 3.28. The molecule has 0 fully saturated rings. The predicted molar refractivity (Wildman–Crippen MR) is 68.0 cm³/mol. The second-order valence-corrected chi connectivity index (χ2v) is 4.24. The van der Waals surface area contributed by atoms with E-state index < -0.39 is 5.97 Å². The molecule has 0 unspecified atom stereocenters. The fraction of sp³-hybridized carbons (Fsp3) is 0.167. The van der Waals surface area contributed by atoms with E-state index >= 15 is 0 Å². The first-order valence-electron chi connectivity index (χ1n) is 5.20. The summed E-state index contributed by atoms with van der Waals surface area (Å²) in [5.41, 5.74) is 0.952. The number of hydrogen-bond donors (Lipinski definition) is 1. The normalized spacial score (nSPS) is 10.5. The van der Waals surface area contributed by atoms with Crippen molar-refractivity contribution in [3.8, 4) is 11.4 Å². The highest BCUT2D eigenvalue weighted by Crippen LogP contribution is 2.26. The number of carboxylic acid groups (broad SMARTS) is 1. The van der Waals surface area contributed by atoms with Gasteiger partial charge >= 0.3 is 5.97 Å². The number of carboxylic acids is 1. The molecule has 1 aromatic carbocycles. The molecular formula is C12H11BrN2O2. The lowest BCUT2D eigenvalue weighted by Crippen LogP contribution is -1.99. The minimum Gasteiger partial charge on any atom is -0.476 e. The summed E-state index contributed by atoms with van der Waals surface area (Å²) in [6.45, 7) is 2.61. The first-order chi connectivity index (χ1) is 8.15. The Morgan fingerprint density at radius 3 is 2.59 bits per heavy atom. The van der Waals surface area contributed by atoms with E-state index in [0.717, 1.165) is 5.56 Å². The minimum absolute atomic E-state index is 0.0469. The van der Waals surface area contributed by atoms with Crippen LogP contribution in [0.2, 0.25) is 0 Å². The quantitative estimate of drug-likeness (QED) is 0.947. The Bertz CT molecular complexity index is 549. The SMILES string of the molecule is CCn1c(-c2ccccc2)nc(C(=O)O)c1Br. The van der Waals surface area contributed by atoms with Gasteiger partial charge in [-0.15, -0.1) is 0 Å². The second-order valence-electron chi connectivity index (χ2n) is 3.49. The predicted octanol–water partition coefficient (Wildman–Crippen LogP) is 3.03. The average Bonchev–Trinajstić information content (AvgIpc) is 2.67. The monoisotopic (exact) mass is 294 g/mol. The molecule has 0 aliphatic rings. The first-order valence-corrected chi connectivity index (χ1v) is 5.99. The van der Waals surface area contributed by atoms with Gasteiger partial charge in [0.1, 0.15) is 10.4 Å². The molecule has 2 rings (SSSR count). The van der Waals surface area contributed by atoms with Crippen LogP contribution in [0.25, 0.3) is 11.4 Å². The van der Waals surface area contributed by atoms with E-state index in [0.29, 0.717) is 17.0 Å². The lowest BCUT2D eigenvalue weighted by molar-refractivity contribution is 0.0690. The highest BCUT2D eigenvalue weighted by molar-refractivity contribution is 9.10. The van der Waals surface area contributed by atoms with Crippen LogP contribution in [0.1, 0.15) is 17.4 Å². The van der Waals surface area contributed by atoms with Crippen LogP contribution >= 0.6 is 15.9 Å². The number of aromatic carboxylic acids is 1. The molecule has 0 spiro atoms. The summed E-state index contributed by atoms with van der Waals surface area (Å²) in [5, 5.41) is 9.04. The van der Waals surface area contributed by atoms with Gasteiger partial charge in [-0.25, -0.2) is 9.78 Å². The van der Waals surface area contributed by atoms with Gasteiger partial charge in [-0.3, -0.25) is 0 Å². The number of imidazole rings is 1. The molecule has 1 heterocycles. The van der Waals surface area contributed by atoms with Gasteiger partial charge in [-0.2, -0.15) is 0 Å².